The third kappa shape index (κ3) is 6.14. The van der Waals surface area contributed by atoms with Gasteiger partial charge in [-0.3, -0.25) is 4.21 Å². The highest BCUT2D eigenvalue weighted by atomic mass is 35.5. The zero-order valence-electron chi connectivity index (χ0n) is 11.7. The average molecular weight is 333 g/mol. The van der Waals surface area contributed by atoms with Gasteiger partial charge in [0.15, 0.2) is 0 Å². The topological polar surface area (TPSA) is 95.5 Å². The Morgan fingerprint density at radius 2 is 2.10 bits per heavy atom. The maximum Gasteiger partial charge on any atom is 0.337 e. The highest BCUT2D eigenvalue weighted by molar-refractivity contribution is 7.84. The van der Waals surface area contributed by atoms with Crippen LogP contribution in [0.2, 0.25) is 5.02 Å². The van der Waals surface area contributed by atoms with Gasteiger partial charge in [0.2, 0.25) is 0 Å². The SMILES string of the molecule is CC(CCS(C)=O)NC(=O)Nc1ccc(C(=O)O)c(Cl)c1. The normalized spacial score (nSPS) is 13.3. The predicted molar refractivity (Wildman–Crippen MR) is 83.6 cm³/mol. The van der Waals surface area contributed by atoms with E-state index in [2.05, 4.69) is 10.6 Å². The molecule has 2 atom stereocenters. The van der Waals surface area contributed by atoms with Gasteiger partial charge >= 0.3 is 12.0 Å². The molecule has 0 spiro atoms. The third-order valence-electron chi connectivity index (χ3n) is 2.67. The molecule has 3 N–H and O–H groups in total. The van der Waals surface area contributed by atoms with Crippen LogP contribution in [0.3, 0.4) is 0 Å². The summed E-state index contributed by atoms with van der Waals surface area (Å²) in [5, 5.41) is 14.2. The van der Waals surface area contributed by atoms with Crippen LogP contribution in [0, 0.1) is 0 Å². The van der Waals surface area contributed by atoms with E-state index in [4.69, 9.17) is 16.7 Å². The Morgan fingerprint density at radius 3 is 2.62 bits per heavy atom. The van der Waals surface area contributed by atoms with E-state index in [1.54, 1.807) is 6.26 Å². The molecule has 0 aliphatic heterocycles. The minimum absolute atomic E-state index is 0.0265. The summed E-state index contributed by atoms with van der Waals surface area (Å²) < 4.78 is 11.0. The van der Waals surface area contributed by atoms with Crippen molar-refractivity contribution in [1.29, 1.82) is 0 Å². The van der Waals surface area contributed by atoms with Gasteiger partial charge in [0.05, 0.1) is 10.6 Å². The number of carbonyl (C=O) groups is 2. The molecular weight excluding hydrogens is 316 g/mol. The lowest BCUT2D eigenvalue weighted by Gasteiger charge is -2.14. The molecule has 1 rings (SSSR count). The molecule has 0 aliphatic rings. The van der Waals surface area contributed by atoms with Crippen LogP contribution in [0.5, 0.6) is 0 Å². The number of carbonyl (C=O) groups excluding carboxylic acids is 1. The van der Waals surface area contributed by atoms with Crippen LogP contribution in [0.1, 0.15) is 23.7 Å². The van der Waals surface area contributed by atoms with Gasteiger partial charge in [-0.15, -0.1) is 0 Å². The van der Waals surface area contributed by atoms with Gasteiger partial charge in [0, 0.05) is 34.5 Å². The van der Waals surface area contributed by atoms with Crippen LogP contribution in [0.4, 0.5) is 10.5 Å². The summed E-state index contributed by atoms with van der Waals surface area (Å²) in [6.45, 7) is 1.81. The van der Waals surface area contributed by atoms with E-state index in [9.17, 15) is 13.8 Å². The van der Waals surface area contributed by atoms with E-state index < -0.39 is 22.8 Å². The van der Waals surface area contributed by atoms with Gasteiger partial charge in [-0.2, -0.15) is 0 Å². The van der Waals surface area contributed by atoms with E-state index in [-0.39, 0.29) is 16.6 Å². The first kappa shape index (κ1) is 17.5. The Balaban J connectivity index is 2.57. The summed E-state index contributed by atoms with van der Waals surface area (Å²) in [4.78, 5) is 22.6. The Hall–Kier alpha value is -1.60. The second-order valence-corrected chi connectivity index (χ2v) is 6.53. The van der Waals surface area contributed by atoms with Gasteiger partial charge in [-0.25, -0.2) is 9.59 Å². The molecular formula is C13H17ClN2O4S. The van der Waals surface area contributed by atoms with Crippen LogP contribution < -0.4 is 10.6 Å². The van der Waals surface area contributed by atoms with Crippen LogP contribution in [0.25, 0.3) is 0 Å². The monoisotopic (exact) mass is 332 g/mol. The second-order valence-electron chi connectivity index (χ2n) is 4.57. The van der Waals surface area contributed by atoms with Gasteiger partial charge < -0.3 is 15.7 Å². The number of anilines is 1. The fourth-order valence-electron chi connectivity index (χ4n) is 1.57. The summed E-state index contributed by atoms with van der Waals surface area (Å²) in [5.41, 5.74) is 0.371. The molecule has 0 aromatic heterocycles. The molecule has 0 aliphatic carbocycles. The van der Waals surface area contributed by atoms with Gasteiger partial charge in [0.1, 0.15) is 0 Å². The quantitative estimate of drug-likeness (QED) is 0.745. The summed E-state index contributed by atoms with van der Waals surface area (Å²) in [6, 6.07) is 3.60. The molecule has 6 nitrogen and oxygen atoms in total. The van der Waals surface area contributed by atoms with Gasteiger partial charge in [0.25, 0.3) is 0 Å². The predicted octanol–water partition coefficient (Wildman–Crippen LogP) is 2.32. The Kier molecular flexibility index (Phi) is 6.64. The zero-order valence-corrected chi connectivity index (χ0v) is 13.3. The van der Waals surface area contributed by atoms with Crippen molar-refractivity contribution < 1.29 is 18.9 Å². The number of aromatic carboxylic acids is 1. The highest BCUT2D eigenvalue weighted by Gasteiger charge is 2.11. The minimum atomic E-state index is -1.13. The van der Waals surface area contributed by atoms with E-state index >= 15 is 0 Å². The maximum absolute atomic E-state index is 11.7. The number of urea groups is 1. The molecule has 0 radical (unpaired) electrons. The second kappa shape index (κ2) is 7.99. The fraction of sp³-hybridized carbons (Fsp3) is 0.385. The molecule has 116 valence electrons. The first-order valence-electron chi connectivity index (χ1n) is 6.20. The lowest BCUT2D eigenvalue weighted by atomic mass is 10.2. The van der Waals surface area contributed by atoms with E-state index in [0.29, 0.717) is 17.9 Å². The van der Waals surface area contributed by atoms with Crippen molar-refractivity contribution >= 4 is 40.1 Å². The minimum Gasteiger partial charge on any atom is -0.478 e. The van der Waals surface area contributed by atoms with Crippen molar-refractivity contribution in [3.63, 3.8) is 0 Å². The number of amides is 2. The number of nitrogens with one attached hydrogen (secondary N) is 2. The highest BCUT2D eigenvalue weighted by Crippen LogP contribution is 2.20. The molecule has 0 heterocycles. The fourth-order valence-corrected chi connectivity index (χ4v) is 2.52. The molecule has 2 amide bonds. The molecule has 0 saturated heterocycles. The first-order chi connectivity index (χ1) is 9.79. The van der Waals surface area contributed by atoms with Crippen molar-refractivity contribution in [3.05, 3.63) is 28.8 Å². The van der Waals surface area contributed by atoms with E-state index in [0.717, 1.165) is 0 Å². The number of carboxylic acid groups (broad SMARTS) is 1. The van der Waals surface area contributed by atoms with Gasteiger partial charge in [-0.05, 0) is 31.5 Å². The largest absolute Gasteiger partial charge is 0.478 e. The Bertz CT molecular complexity index is 565. The molecule has 0 fully saturated rings. The van der Waals surface area contributed by atoms with Crippen LogP contribution in [0.15, 0.2) is 18.2 Å². The maximum atomic E-state index is 11.7. The number of hydrogen-bond donors (Lipinski definition) is 3. The number of hydrogen-bond acceptors (Lipinski definition) is 3. The summed E-state index contributed by atoms with van der Waals surface area (Å²) in [6.07, 6.45) is 2.22. The van der Waals surface area contributed by atoms with Crippen molar-refractivity contribution in [1.82, 2.24) is 5.32 Å². The average Bonchev–Trinajstić information content (AvgIpc) is 2.35. The van der Waals surface area contributed by atoms with Crippen molar-refractivity contribution in [2.75, 3.05) is 17.3 Å². The van der Waals surface area contributed by atoms with Crippen LogP contribution >= 0.6 is 11.6 Å². The summed E-state index contributed by atoms with van der Waals surface area (Å²) >= 11 is 5.81. The molecule has 8 heteroatoms. The van der Waals surface area contributed by atoms with Gasteiger partial charge in [-0.1, -0.05) is 11.6 Å². The number of carboxylic acids is 1. The smallest absolute Gasteiger partial charge is 0.337 e. The molecule has 0 saturated carbocycles. The standard InChI is InChI=1S/C13H17ClN2O4S/c1-8(5-6-21(2)20)15-13(19)16-9-3-4-10(12(17)18)11(14)7-9/h3-4,7-8H,5-6H2,1-2H3,(H,17,18)(H2,15,16,19). The van der Waals surface area contributed by atoms with Crippen molar-refractivity contribution in [2.45, 2.75) is 19.4 Å². The van der Waals surface area contributed by atoms with Crippen molar-refractivity contribution in [3.8, 4) is 0 Å². The zero-order chi connectivity index (χ0) is 16.0. The van der Waals surface area contributed by atoms with Crippen molar-refractivity contribution in [2.24, 2.45) is 0 Å². The molecule has 0 bridgehead atoms. The van der Waals surface area contributed by atoms with E-state index in [1.807, 2.05) is 6.92 Å². The lowest BCUT2D eigenvalue weighted by Crippen LogP contribution is -2.36. The number of benzene rings is 1. The molecule has 21 heavy (non-hydrogen) atoms. The number of rotatable bonds is 6. The first-order valence-corrected chi connectivity index (χ1v) is 8.30. The molecule has 1 aromatic rings. The number of halogens is 1. The summed E-state index contributed by atoms with van der Waals surface area (Å²) in [5.74, 6) is -0.613. The van der Waals surface area contributed by atoms with E-state index in [1.165, 1.54) is 18.2 Å². The molecule has 1 aromatic carbocycles. The Morgan fingerprint density at radius 1 is 1.43 bits per heavy atom. The Labute approximate surface area is 130 Å². The van der Waals surface area contributed by atoms with Crippen LogP contribution in [-0.2, 0) is 10.8 Å². The lowest BCUT2D eigenvalue weighted by molar-refractivity contribution is 0.0697. The third-order valence-corrected chi connectivity index (χ3v) is 3.80. The summed E-state index contributed by atoms with van der Waals surface area (Å²) in [7, 11) is -0.894. The van der Waals surface area contributed by atoms with Crippen LogP contribution in [-0.4, -0.2) is 39.4 Å². The molecule has 2 unspecified atom stereocenters.